The highest BCUT2D eigenvalue weighted by molar-refractivity contribution is 6.31. The van der Waals surface area contributed by atoms with Crippen molar-refractivity contribution < 1.29 is 9.13 Å². The monoisotopic (exact) mass is 307 g/mol. The van der Waals surface area contributed by atoms with Crippen molar-refractivity contribution in [1.29, 1.82) is 0 Å². The lowest BCUT2D eigenvalue weighted by Gasteiger charge is -2.22. The van der Waals surface area contributed by atoms with Crippen molar-refractivity contribution in [3.05, 3.63) is 64.4 Å². The summed E-state index contributed by atoms with van der Waals surface area (Å²) in [6, 6.07) is 12.4. The van der Waals surface area contributed by atoms with Crippen molar-refractivity contribution in [3.8, 4) is 5.75 Å². The van der Waals surface area contributed by atoms with Crippen LogP contribution in [0.3, 0.4) is 0 Å². The maximum Gasteiger partial charge on any atom is 0.142 e. The molecule has 1 unspecified atom stereocenters. The molecule has 2 nitrogen and oxygen atoms in total. The fourth-order valence-electron chi connectivity index (χ4n) is 2.34. The fraction of sp³-hybridized carbons (Fsp3) is 0.294. The first-order chi connectivity index (χ1) is 10.2. The van der Waals surface area contributed by atoms with E-state index in [1.165, 1.54) is 6.07 Å². The molecule has 2 rings (SSSR count). The molecule has 0 radical (unpaired) electrons. The lowest BCUT2D eigenvalue weighted by Crippen LogP contribution is -2.23. The Morgan fingerprint density at radius 3 is 2.52 bits per heavy atom. The highest BCUT2D eigenvalue weighted by Gasteiger charge is 2.21. The summed E-state index contributed by atoms with van der Waals surface area (Å²) in [6.45, 7) is 5.25. The van der Waals surface area contributed by atoms with Gasteiger partial charge in [0.2, 0.25) is 0 Å². The maximum absolute atomic E-state index is 13.8. The molecule has 21 heavy (non-hydrogen) atoms. The van der Waals surface area contributed by atoms with E-state index in [0.29, 0.717) is 12.2 Å². The zero-order chi connectivity index (χ0) is 15.2. The Morgan fingerprint density at radius 2 is 1.81 bits per heavy atom. The van der Waals surface area contributed by atoms with E-state index in [2.05, 4.69) is 5.32 Å². The van der Waals surface area contributed by atoms with Gasteiger partial charge in [-0.15, -0.1) is 0 Å². The van der Waals surface area contributed by atoms with E-state index < -0.39 is 5.82 Å². The van der Waals surface area contributed by atoms with Gasteiger partial charge in [-0.3, -0.25) is 0 Å². The minimum absolute atomic E-state index is 0.148. The summed E-state index contributed by atoms with van der Waals surface area (Å²) >= 11 is 6.15. The normalized spacial score (nSPS) is 12.2. The van der Waals surface area contributed by atoms with Gasteiger partial charge >= 0.3 is 0 Å². The molecule has 0 aliphatic rings. The minimum atomic E-state index is -0.411. The summed E-state index contributed by atoms with van der Waals surface area (Å²) in [5, 5.41) is 3.50. The first kappa shape index (κ1) is 15.8. The van der Waals surface area contributed by atoms with Crippen LogP contribution in [0.25, 0.3) is 0 Å². The number of hydrogen-bond donors (Lipinski definition) is 1. The van der Waals surface area contributed by atoms with Crippen molar-refractivity contribution in [1.82, 2.24) is 5.32 Å². The van der Waals surface area contributed by atoms with Gasteiger partial charge in [0, 0.05) is 5.56 Å². The molecule has 0 amide bonds. The van der Waals surface area contributed by atoms with Crippen LogP contribution in [0.2, 0.25) is 5.02 Å². The van der Waals surface area contributed by atoms with E-state index in [0.717, 1.165) is 17.9 Å². The van der Waals surface area contributed by atoms with Crippen LogP contribution < -0.4 is 10.1 Å². The minimum Gasteiger partial charge on any atom is -0.494 e. The molecule has 0 bridgehead atoms. The summed E-state index contributed by atoms with van der Waals surface area (Å²) in [5.41, 5.74) is 1.67. The number of nitrogens with one attached hydrogen (secondary N) is 1. The van der Waals surface area contributed by atoms with E-state index in [9.17, 15) is 4.39 Å². The van der Waals surface area contributed by atoms with Gasteiger partial charge < -0.3 is 10.1 Å². The molecular formula is C17H19ClFNO. The number of benzene rings is 2. The molecule has 1 N–H and O–H groups in total. The number of hydrogen-bond acceptors (Lipinski definition) is 2. The number of para-hydroxylation sites is 1. The van der Waals surface area contributed by atoms with E-state index in [-0.39, 0.29) is 11.1 Å². The summed E-state index contributed by atoms with van der Waals surface area (Å²) in [4.78, 5) is 0. The molecule has 1 atom stereocenters. The van der Waals surface area contributed by atoms with Crippen molar-refractivity contribution in [2.45, 2.75) is 19.9 Å². The predicted molar refractivity (Wildman–Crippen MR) is 84.5 cm³/mol. The first-order valence-electron chi connectivity index (χ1n) is 7.08. The third-order valence-electron chi connectivity index (χ3n) is 3.23. The first-order valence-corrected chi connectivity index (χ1v) is 7.45. The highest BCUT2D eigenvalue weighted by Crippen LogP contribution is 2.34. The van der Waals surface area contributed by atoms with Gasteiger partial charge in [-0.1, -0.05) is 48.9 Å². The van der Waals surface area contributed by atoms with E-state index >= 15 is 0 Å². The van der Waals surface area contributed by atoms with Crippen LogP contribution in [0.4, 0.5) is 4.39 Å². The van der Waals surface area contributed by atoms with E-state index in [1.807, 2.05) is 44.2 Å². The molecule has 112 valence electrons. The summed E-state index contributed by atoms with van der Waals surface area (Å²) < 4.78 is 19.4. The van der Waals surface area contributed by atoms with Gasteiger partial charge in [0.25, 0.3) is 0 Å². The van der Waals surface area contributed by atoms with Gasteiger partial charge in [-0.25, -0.2) is 4.39 Å². The zero-order valence-corrected chi connectivity index (χ0v) is 13.0. The summed E-state index contributed by atoms with van der Waals surface area (Å²) in [6.07, 6.45) is 0. The standard InChI is InChI=1S/C17H19ClFNO/c1-3-20-17(13-9-7-10-14(19)16(13)18)12-8-5-6-11-15(12)21-4-2/h5-11,17,20H,3-4H2,1-2H3. The largest absolute Gasteiger partial charge is 0.494 e. The topological polar surface area (TPSA) is 21.3 Å². The van der Waals surface area contributed by atoms with Crippen LogP contribution in [0.5, 0.6) is 5.75 Å². The molecule has 0 aliphatic carbocycles. The number of ether oxygens (including phenoxy) is 1. The van der Waals surface area contributed by atoms with Crippen LogP contribution >= 0.6 is 11.6 Å². The molecule has 2 aromatic rings. The smallest absolute Gasteiger partial charge is 0.142 e. The van der Waals surface area contributed by atoms with Crippen LogP contribution in [-0.4, -0.2) is 13.2 Å². The maximum atomic E-state index is 13.8. The quantitative estimate of drug-likeness (QED) is 0.843. The Kier molecular flexibility index (Phi) is 5.59. The third kappa shape index (κ3) is 3.55. The van der Waals surface area contributed by atoms with E-state index in [4.69, 9.17) is 16.3 Å². The van der Waals surface area contributed by atoms with Crippen LogP contribution in [0, 0.1) is 5.82 Å². The summed E-state index contributed by atoms with van der Waals surface area (Å²) in [7, 11) is 0. The van der Waals surface area contributed by atoms with Gasteiger partial charge in [-0.2, -0.15) is 0 Å². The van der Waals surface area contributed by atoms with Crippen LogP contribution in [0.1, 0.15) is 31.0 Å². The average molecular weight is 308 g/mol. The van der Waals surface area contributed by atoms with Gasteiger partial charge in [0.05, 0.1) is 17.7 Å². The summed E-state index contributed by atoms with van der Waals surface area (Å²) in [5.74, 6) is 0.372. The SMILES string of the molecule is CCNC(c1ccccc1OCC)c1cccc(F)c1Cl. The Balaban J connectivity index is 2.51. The van der Waals surface area contributed by atoms with Gasteiger partial charge in [-0.05, 0) is 31.2 Å². The molecule has 0 aromatic heterocycles. The molecule has 4 heteroatoms. The molecule has 0 aliphatic heterocycles. The predicted octanol–water partition coefficient (Wildman–Crippen LogP) is 4.58. The second-order valence-corrected chi connectivity index (χ2v) is 4.98. The number of rotatable bonds is 6. The highest BCUT2D eigenvalue weighted by atomic mass is 35.5. The second kappa shape index (κ2) is 7.43. The molecule has 0 spiro atoms. The molecule has 0 heterocycles. The lowest BCUT2D eigenvalue weighted by atomic mass is 9.97. The van der Waals surface area contributed by atoms with Gasteiger partial charge in [0.15, 0.2) is 0 Å². The van der Waals surface area contributed by atoms with Crippen molar-refractivity contribution >= 4 is 11.6 Å². The molecular weight excluding hydrogens is 289 g/mol. The molecule has 0 saturated heterocycles. The Bertz CT molecular complexity index is 603. The fourth-order valence-corrected chi connectivity index (χ4v) is 2.58. The lowest BCUT2D eigenvalue weighted by molar-refractivity contribution is 0.333. The van der Waals surface area contributed by atoms with Crippen molar-refractivity contribution in [3.63, 3.8) is 0 Å². The molecule has 0 saturated carbocycles. The van der Waals surface area contributed by atoms with E-state index in [1.54, 1.807) is 6.07 Å². The Morgan fingerprint density at radius 1 is 1.10 bits per heavy atom. The molecule has 0 fully saturated rings. The van der Waals surface area contributed by atoms with Crippen LogP contribution in [-0.2, 0) is 0 Å². The molecule has 2 aromatic carbocycles. The van der Waals surface area contributed by atoms with Crippen LogP contribution in [0.15, 0.2) is 42.5 Å². The number of halogens is 2. The van der Waals surface area contributed by atoms with Crippen molar-refractivity contribution in [2.24, 2.45) is 0 Å². The Labute approximate surface area is 129 Å². The Hall–Kier alpha value is -1.58. The van der Waals surface area contributed by atoms with Gasteiger partial charge in [0.1, 0.15) is 11.6 Å². The third-order valence-corrected chi connectivity index (χ3v) is 3.63. The zero-order valence-electron chi connectivity index (χ0n) is 12.2. The average Bonchev–Trinajstić information content (AvgIpc) is 2.49. The van der Waals surface area contributed by atoms with Crippen molar-refractivity contribution in [2.75, 3.05) is 13.2 Å². The second-order valence-electron chi connectivity index (χ2n) is 4.60.